The van der Waals surface area contributed by atoms with Gasteiger partial charge in [-0.1, -0.05) is 23.8 Å². The van der Waals surface area contributed by atoms with Crippen molar-refractivity contribution in [2.24, 2.45) is 0 Å². The lowest BCUT2D eigenvalue weighted by molar-refractivity contribution is 0.336. The normalized spacial score (nSPS) is 10.8. The molecule has 0 aliphatic rings. The Morgan fingerprint density at radius 3 is 2.71 bits per heavy atom. The van der Waals surface area contributed by atoms with E-state index in [0.717, 1.165) is 11.3 Å². The number of hydrogen-bond donors (Lipinski definition) is 1. The largest absolute Gasteiger partial charge is 0.489 e. The predicted molar refractivity (Wildman–Crippen MR) is 57.6 cm³/mol. The minimum atomic E-state index is 0.0657. The Labute approximate surface area is 84.8 Å². The second-order valence-corrected chi connectivity index (χ2v) is 3.23. The van der Waals surface area contributed by atoms with Gasteiger partial charge in [0.2, 0.25) is 0 Å². The van der Waals surface area contributed by atoms with E-state index in [1.807, 2.05) is 19.1 Å². The first kappa shape index (κ1) is 10.8. The van der Waals surface area contributed by atoms with Crippen LogP contribution in [0.1, 0.15) is 11.1 Å². The summed E-state index contributed by atoms with van der Waals surface area (Å²) in [4.78, 5) is 0. The molecule has 0 fully saturated rings. The van der Waals surface area contributed by atoms with Gasteiger partial charge in [0.1, 0.15) is 12.4 Å². The SMILES string of the molecule is Cc1ccc(OC/C=C/CO)c(C)c1. The molecule has 14 heavy (non-hydrogen) atoms. The zero-order chi connectivity index (χ0) is 10.4. The van der Waals surface area contributed by atoms with E-state index >= 15 is 0 Å². The number of rotatable bonds is 4. The molecular formula is C12H16O2. The van der Waals surface area contributed by atoms with E-state index in [1.54, 1.807) is 12.2 Å². The number of aliphatic hydroxyl groups excluding tert-OH is 1. The van der Waals surface area contributed by atoms with Crippen molar-refractivity contribution in [3.63, 3.8) is 0 Å². The van der Waals surface area contributed by atoms with Crippen molar-refractivity contribution < 1.29 is 9.84 Å². The molecule has 0 saturated carbocycles. The molecule has 0 atom stereocenters. The standard InChI is InChI=1S/C12H16O2/c1-10-5-6-12(11(2)9-10)14-8-4-3-7-13/h3-6,9,13H,7-8H2,1-2H3/b4-3+. The number of ether oxygens (including phenoxy) is 1. The molecule has 2 nitrogen and oxygen atoms in total. The maximum Gasteiger partial charge on any atom is 0.122 e. The van der Waals surface area contributed by atoms with Gasteiger partial charge < -0.3 is 9.84 Å². The molecule has 0 saturated heterocycles. The Balaban J connectivity index is 2.55. The van der Waals surface area contributed by atoms with Crippen LogP contribution in [0, 0.1) is 13.8 Å². The van der Waals surface area contributed by atoms with E-state index < -0.39 is 0 Å². The van der Waals surface area contributed by atoms with E-state index in [0.29, 0.717) is 6.61 Å². The van der Waals surface area contributed by atoms with Gasteiger partial charge in [0.05, 0.1) is 6.61 Å². The molecule has 1 aromatic carbocycles. The molecule has 0 radical (unpaired) electrons. The van der Waals surface area contributed by atoms with Gasteiger partial charge in [-0.2, -0.15) is 0 Å². The van der Waals surface area contributed by atoms with Crippen molar-refractivity contribution in [2.75, 3.05) is 13.2 Å². The topological polar surface area (TPSA) is 29.5 Å². The summed E-state index contributed by atoms with van der Waals surface area (Å²) in [6.07, 6.45) is 3.48. The van der Waals surface area contributed by atoms with E-state index in [9.17, 15) is 0 Å². The Bertz CT molecular complexity index is 316. The van der Waals surface area contributed by atoms with E-state index in [1.165, 1.54) is 5.56 Å². The minimum Gasteiger partial charge on any atom is -0.489 e. The van der Waals surface area contributed by atoms with Crippen LogP contribution in [0.3, 0.4) is 0 Å². The van der Waals surface area contributed by atoms with Crippen LogP contribution < -0.4 is 4.74 Å². The van der Waals surface area contributed by atoms with Crippen LogP contribution in [0.2, 0.25) is 0 Å². The van der Waals surface area contributed by atoms with Gasteiger partial charge in [-0.15, -0.1) is 0 Å². The summed E-state index contributed by atoms with van der Waals surface area (Å²) in [6.45, 7) is 4.65. The van der Waals surface area contributed by atoms with Crippen LogP contribution in [0.4, 0.5) is 0 Å². The second-order valence-electron chi connectivity index (χ2n) is 3.23. The summed E-state index contributed by atoms with van der Waals surface area (Å²) in [6, 6.07) is 6.08. The predicted octanol–water partition coefficient (Wildman–Crippen LogP) is 2.23. The fourth-order valence-electron chi connectivity index (χ4n) is 1.24. The van der Waals surface area contributed by atoms with E-state index in [2.05, 4.69) is 13.0 Å². The lowest BCUT2D eigenvalue weighted by Gasteiger charge is -2.07. The average Bonchev–Trinajstić information content (AvgIpc) is 2.15. The highest BCUT2D eigenvalue weighted by molar-refractivity contribution is 5.35. The highest BCUT2D eigenvalue weighted by atomic mass is 16.5. The Morgan fingerprint density at radius 2 is 2.07 bits per heavy atom. The van der Waals surface area contributed by atoms with Gasteiger partial charge in [0, 0.05) is 0 Å². The van der Waals surface area contributed by atoms with Crippen LogP contribution in [-0.4, -0.2) is 18.3 Å². The van der Waals surface area contributed by atoms with Crippen molar-refractivity contribution in [1.82, 2.24) is 0 Å². The number of aryl methyl sites for hydroxylation is 2. The summed E-state index contributed by atoms with van der Waals surface area (Å²) in [7, 11) is 0. The summed E-state index contributed by atoms with van der Waals surface area (Å²) in [5, 5.41) is 8.51. The lowest BCUT2D eigenvalue weighted by Crippen LogP contribution is -1.96. The summed E-state index contributed by atoms with van der Waals surface area (Å²) in [5.41, 5.74) is 2.38. The van der Waals surface area contributed by atoms with Crippen LogP contribution in [0.15, 0.2) is 30.4 Å². The summed E-state index contributed by atoms with van der Waals surface area (Å²) < 4.78 is 5.50. The molecule has 0 amide bonds. The van der Waals surface area contributed by atoms with Gasteiger partial charge in [0.25, 0.3) is 0 Å². The van der Waals surface area contributed by atoms with Crippen molar-refractivity contribution in [3.8, 4) is 5.75 Å². The zero-order valence-electron chi connectivity index (χ0n) is 8.66. The maximum atomic E-state index is 8.51. The Morgan fingerprint density at radius 1 is 1.29 bits per heavy atom. The fourth-order valence-corrected chi connectivity index (χ4v) is 1.24. The quantitative estimate of drug-likeness (QED) is 0.741. The molecule has 0 heterocycles. The van der Waals surface area contributed by atoms with Gasteiger partial charge >= 0.3 is 0 Å². The first-order valence-corrected chi connectivity index (χ1v) is 4.70. The third kappa shape index (κ3) is 3.23. The highest BCUT2D eigenvalue weighted by Crippen LogP contribution is 2.18. The molecule has 0 aliphatic carbocycles. The molecule has 76 valence electrons. The monoisotopic (exact) mass is 192 g/mol. The number of benzene rings is 1. The number of aliphatic hydroxyl groups is 1. The number of hydrogen-bond acceptors (Lipinski definition) is 2. The Kier molecular flexibility index (Phi) is 4.20. The molecule has 1 N–H and O–H groups in total. The van der Waals surface area contributed by atoms with Crippen molar-refractivity contribution in [2.45, 2.75) is 13.8 Å². The lowest BCUT2D eigenvalue weighted by atomic mass is 10.1. The van der Waals surface area contributed by atoms with Gasteiger partial charge in [-0.3, -0.25) is 0 Å². The molecule has 0 unspecified atom stereocenters. The Hall–Kier alpha value is -1.28. The molecule has 1 rings (SSSR count). The first-order valence-electron chi connectivity index (χ1n) is 4.70. The third-order valence-electron chi connectivity index (χ3n) is 1.94. The van der Waals surface area contributed by atoms with Crippen molar-refractivity contribution in [1.29, 1.82) is 0 Å². The minimum absolute atomic E-state index is 0.0657. The molecule has 0 aromatic heterocycles. The van der Waals surface area contributed by atoms with Crippen LogP contribution in [0.5, 0.6) is 5.75 Å². The molecule has 0 bridgehead atoms. The smallest absolute Gasteiger partial charge is 0.122 e. The van der Waals surface area contributed by atoms with Crippen LogP contribution in [0.25, 0.3) is 0 Å². The summed E-state index contributed by atoms with van der Waals surface area (Å²) in [5.74, 6) is 0.901. The van der Waals surface area contributed by atoms with Gasteiger partial charge in [-0.05, 0) is 31.6 Å². The zero-order valence-corrected chi connectivity index (χ0v) is 8.66. The molecule has 0 aliphatic heterocycles. The van der Waals surface area contributed by atoms with Gasteiger partial charge in [0.15, 0.2) is 0 Å². The van der Waals surface area contributed by atoms with Crippen LogP contribution >= 0.6 is 0 Å². The summed E-state index contributed by atoms with van der Waals surface area (Å²) >= 11 is 0. The van der Waals surface area contributed by atoms with Crippen LogP contribution in [-0.2, 0) is 0 Å². The first-order chi connectivity index (χ1) is 6.74. The molecule has 2 heteroatoms. The average molecular weight is 192 g/mol. The third-order valence-corrected chi connectivity index (χ3v) is 1.94. The van der Waals surface area contributed by atoms with Gasteiger partial charge in [-0.25, -0.2) is 0 Å². The molecular weight excluding hydrogens is 176 g/mol. The van der Waals surface area contributed by atoms with E-state index in [4.69, 9.17) is 9.84 Å². The van der Waals surface area contributed by atoms with Crippen molar-refractivity contribution in [3.05, 3.63) is 41.5 Å². The second kappa shape index (κ2) is 5.45. The maximum absolute atomic E-state index is 8.51. The highest BCUT2D eigenvalue weighted by Gasteiger charge is 1.97. The molecule has 1 aromatic rings. The van der Waals surface area contributed by atoms with Crippen molar-refractivity contribution >= 4 is 0 Å². The van der Waals surface area contributed by atoms with E-state index in [-0.39, 0.29) is 6.61 Å². The fraction of sp³-hybridized carbons (Fsp3) is 0.333. The molecule has 0 spiro atoms.